The van der Waals surface area contributed by atoms with E-state index in [-0.39, 0.29) is 6.42 Å². The molecule has 0 saturated carbocycles. The summed E-state index contributed by atoms with van der Waals surface area (Å²) in [5.74, 6) is -0.969. The van der Waals surface area contributed by atoms with Gasteiger partial charge in [0.2, 0.25) is 5.91 Å². The third kappa shape index (κ3) is 7.02. The molecule has 0 rings (SSSR count). The van der Waals surface area contributed by atoms with Crippen molar-refractivity contribution >= 4 is 11.9 Å². The molecule has 13 heavy (non-hydrogen) atoms. The Labute approximate surface area is 76.7 Å². The SMILES string of the molecule is CCOC(=O)/C=C/C(N)CC(N)=O. The minimum atomic E-state index is -0.526. The maximum absolute atomic E-state index is 10.8. The van der Waals surface area contributed by atoms with E-state index in [1.807, 2.05) is 0 Å². The minimum absolute atomic E-state index is 0.0237. The van der Waals surface area contributed by atoms with Gasteiger partial charge in [-0.05, 0) is 6.92 Å². The number of primary amides is 1. The Morgan fingerprint density at radius 3 is 2.62 bits per heavy atom. The Kier molecular flexibility index (Phi) is 5.54. The molecule has 0 saturated heterocycles. The zero-order valence-electron chi connectivity index (χ0n) is 7.53. The van der Waals surface area contributed by atoms with Gasteiger partial charge in [0.25, 0.3) is 0 Å². The summed E-state index contributed by atoms with van der Waals surface area (Å²) in [6.45, 7) is 2.02. The first-order chi connectivity index (χ1) is 6.06. The predicted molar refractivity (Wildman–Crippen MR) is 47.6 cm³/mol. The molecule has 0 fully saturated rings. The molecule has 0 aliphatic heterocycles. The Morgan fingerprint density at radius 2 is 2.15 bits per heavy atom. The van der Waals surface area contributed by atoms with Gasteiger partial charge in [-0.3, -0.25) is 4.79 Å². The molecular weight excluding hydrogens is 172 g/mol. The van der Waals surface area contributed by atoms with Crippen LogP contribution in [0.2, 0.25) is 0 Å². The first kappa shape index (κ1) is 11.6. The average Bonchev–Trinajstić information content (AvgIpc) is 2.00. The summed E-state index contributed by atoms with van der Waals surface area (Å²) in [4.78, 5) is 21.1. The molecule has 5 nitrogen and oxygen atoms in total. The van der Waals surface area contributed by atoms with E-state index >= 15 is 0 Å². The van der Waals surface area contributed by atoms with E-state index in [1.165, 1.54) is 12.2 Å². The highest BCUT2D eigenvalue weighted by molar-refractivity contribution is 5.82. The number of ether oxygens (including phenoxy) is 1. The summed E-state index contributed by atoms with van der Waals surface area (Å²) in [7, 11) is 0. The normalized spacial score (nSPS) is 12.8. The van der Waals surface area contributed by atoms with Crippen LogP contribution in [0.1, 0.15) is 13.3 Å². The molecule has 1 unspecified atom stereocenters. The van der Waals surface area contributed by atoms with Gasteiger partial charge in [0.15, 0.2) is 0 Å². The monoisotopic (exact) mass is 186 g/mol. The molecule has 0 bridgehead atoms. The fraction of sp³-hybridized carbons (Fsp3) is 0.500. The summed E-state index contributed by atoms with van der Waals surface area (Å²) >= 11 is 0. The van der Waals surface area contributed by atoms with Gasteiger partial charge >= 0.3 is 5.97 Å². The number of esters is 1. The first-order valence-corrected chi connectivity index (χ1v) is 3.95. The van der Waals surface area contributed by atoms with Gasteiger partial charge in [-0.1, -0.05) is 6.08 Å². The molecular formula is C8H14N2O3. The lowest BCUT2D eigenvalue weighted by Crippen LogP contribution is -2.25. The van der Waals surface area contributed by atoms with E-state index in [0.29, 0.717) is 6.61 Å². The van der Waals surface area contributed by atoms with Crippen LogP contribution in [0.4, 0.5) is 0 Å². The van der Waals surface area contributed by atoms with Crippen molar-refractivity contribution in [3.05, 3.63) is 12.2 Å². The van der Waals surface area contributed by atoms with Crippen molar-refractivity contribution in [2.24, 2.45) is 11.5 Å². The molecule has 0 aromatic rings. The zero-order chi connectivity index (χ0) is 10.3. The van der Waals surface area contributed by atoms with Crippen LogP contribution >= 0.6 is 0 Å². The van der Waals surface area contributed by atoms with Crippen LogP contribution in [-0.4, -0.2) is 24.5 Å². The highest BCUT2D eigenvalue weighted by Crippen LogP contribution is 1.90. The Morgan fingerprint density at radius 1 is 1.54 bits per heavy atom. The van der Waals surface area contributed by atoms with Gasteiger partial charge < -0.3 is 16.2 Å². The Hall–Kier alpha value is -1.36. The highest BCUT2D eigenvalue weighted by atomic mass is 16.5. The van der Waals surface area contributed by atoms with E-state index < -0.39 is 17.9 Å². The van der Waals surface area contributed by atoms with Gasteiger partial charge in [0, 0.05) is 18.5 Å². The van der Waals surface area contributed by atoms with Crippen LogP contribution in [0.5, 0.6) is 0 Å². The topological polar surface area (TPSA) is 95.4 Å². The molecule has 0 heterocycles. The molecule has 5 heteroatoms. The number of hydrogen-bond acceptors (Lipinski definition) is 4. The van der Waals surface area contributed by atoms with Crippen LogP contribution in [0, 0.1) is 0 Å². The van der Waals surface area contributed by atoms with E-state index in [2.05, 4.69) is 4.74 Å². The Bertz CT molecular complexity index is 213. The van der Waals surface area contributed by atoms with E-state index in [9.17, 15) is 9.59 Å². The van der Waals surface area contributed by atoms with Crippen molar-refractivity contribution < 1.29 is 14.3 Å². The van der Waals surface area contributed by atoms with Crippen LogP contribution in [-0.2, 0) is 14.3 Å². The molecule has 0 aromatic carbocycles. The second kappa shape index (κ2) is 6.19. The average molecular weight is 186 g/mol. The summed E-state index contributed by atoms with van der Waals surface area (Å²) in [6.07, 6.45) is 2.61. The van der Waals surface area contributed by atoms with E-state index in [4.69, 9.17) is 11.5 Å². The minimum Gasteiger partial charge on any atom is -0.463 e. The number of amides is 1. The molecule has 1 amide bonds. The fourth-order valence-electron chi connectivity index (χ4n) is 0.693. The highest BCUT2D eigenvalue weighted by Gasteiger charge is 2.02. The summed E-state index contributed by atoms with van der Waals surface area (Å²) in [5, 5.41) is 0. The molecule has 0 aromatic heterocycles. The number of hydrogen-bond donors (Lipinski definition) is 2. The van der Waals surface area contributed by atoms with Crippen molar-refractivity contribution in [3.8, 4) is 0 Å². The van der Waals surface area contributed by atoms with Gasteiger partial charge in [-0.15, -0.1) is 0 Å². The van der Waals surface area contributed by atoms with Gasteiger partial charge in [0.1, 0.15) is 0 Å². The summed E-state index contributed by atoms with van der Waals surface area (Å²) in [5.41, 5.74) is 10.3. The molecule has 0 radical (unpaired) electrons. The van der Waals surface area contributed by atoms with Crippen LogP contribution in [0.3, 0.4) is 0 Å². The Balaban J connectivity index is 3.82. The lowest BCUT2D eigenvalue weighted by molar-refractivity contribution is -0.137. The lowest BCUT2D eigenvalue weighted by atomic mass is 10.2. The van der Waals surface area contributed by atoms with Crippen LogP contribution < -0.4 is 11.5 Å². The standard InChI is InChI=1S/C8H14N2O3/c1-2-13-8(12)4-3-6(9)5-7(10)11/h3-4,6H,2,5,9H2,1H3,(H2,10,11)/b4-3+. The second-order valence-electron chi connectivity index (χ2n) is 2.45. The van der Waals surface area contributed by atoms with Crippen molar-refractivity contribution in [2.45, 2.75) is 19.4 Å². The number of rotatable bonds is 5. The molecule has 0 aliphatic carbocycles. The van der Waals surface area contributed by atoms with Crippen molar-refractivity contribution in [2.75, 3.05) is 6.61 Å². The smallest absolute Gasteiger partial charge is 0.330 e. The van der Waals surface area contributed by atoms with Crippen LogP contribution in [0.15, 0.2) is 12.2 Å². The number of nitrogens with two attached hydrogens (primary N) is 2. The third-order valence-electron chi connectivity index (χ3n) is 1.20. The molecule has 4 N–H and O–H groups in total. The summed E-state index contributed by atoms with van der Waals surface area (Å²) in [6, 6.07) is -0.526. The molecule has 1 atom stereocenters. The molecule has 74 valence electrons. The maximum atomic E-state index is 10.8. The van der Waals surface area contributed by atoms with Crippen LogP contribution in [0.25, 0.3) is 0 Å². The number of carbonyl (C=O) groups excluding carboxylic acids is 2. The largest absolute Gasteiger partial charge is 0.463 e. The van der Waals surface area contributed by atoms with Crippen molar-refractivity contribution in [1.29, 1.82) is 0 Å². The van der Waals surface area contributed by atoms with E-state index in [0.717, 1.165) is 0 Å². The quantitative estimate of drug-likeness (QED) is 0.438. The second-order valence-corrected chi connectivity index (χ2v) is 2.45. The number of carbonyl (C=O) groups is 2. The molecule has 0 aliphatic rings. The van der Waals surface area contributed by atoms with Gasteiger partial charge in [0.05, 0.1) is 6.61 Å². The lowest BCUT2D eigenvalue weighted by Gasteiger charge is -2.01. The molecule has 0 spiro atoms. The zero-order valence-corrected chi connectivity index (χ0v) is 7.53. The fourth-order valence-corrected chi connectivity index (χ4v) is 0.693. The van der Waals surface area contributed by atoms with Crippen molar-refractivity contribution in [1.82, 2.24) is 0 Å². The predicted octanol–water partition coefficient (Wildman–Crippen LogP) is -0.692. The van der Waals surface area contributed by atoms with Crippen molar-refractivity contribution in [3.63, 3.8) is 0 Å². The first-order valence-electron chi connectivity index (χ1n) is 3.95. The third-order valence-corrected chi connectivity index (χ3v) is 1.20. The summed E-state index contributed by atoms with van der Waals surface area (Å²) < 4.78 is 4.60. The van der Waals surface area contributed by atoms with Gasteiger partial charge in [-0.2, -0.15) is 0 Å². The van der Waals surface area contributed by atoms with Gasteiger partial charge in [-0.25, -0.2) is 4.79 Å². The maximum Gasteiger partial charge on any atom is 0.330 e. The van der Waals surface area contributed by atoms with E-state index in [1.54, 1.807) is 6.92 Å².